The molecule has 4 aromatic rings. The third-order valence-electron chi connectivity index (χ3n) is 6.48. The number of hydrogen-bond donors (Lipinski definition) is 1. The standard InChI is InChI=1S/C28H27N3O2/c1-19-23(27(33)20-11-5-2-6-12-20)17-24-25(32)18-26(30-21-13-7-3-8-14-21)31(28(24)29-19)22-15-9-4-10-16-22/h3-4,7-10,13-18,20,30H,2,5-6,11-12H2,1H3. The first-order valence-electron chi connectivity index (χ1n) is 11.6. The Morgan fingerprint density at radius 2 is 1.61 bits per heavy atom. The Morgan fingerprint density at radius 3 is 2.30 bits per heavy atom. The molecule has 2 heterocycles. The molecule has 1 saturated carbocycles. The lowest BCUT2D eigenvalue weighted by molar-refractivity contribution is 0.0888. The van der Waals surface area contributed by atoms with Gasteiger partial charge in [-0.3, -0.25) is 14.2 Å². The highest BCUT2D eigenvalue weighted by atomic mass is 16.1. The second-order valence-electron chi connectivity index (χ2n) is 8.75. The maximum absolute atomic E-state index is 13.3. The Hall–Kier alpha value is -3.73. The minimum absolute atomic E-state index is 0.0343. The zero-order valence-corrected chi connectivity index (χ0v) is 18.8. The van der Waals surface area contributed by atoms with Gasteiger partial charge < -0.3 is 5.32 Å². The van der Waals surface area contributed by atoms with Gasteiger partial charge in [0.1, 0.15) is 11.5 Å². The number of fused-ring (bicyclic) bond motifs is 1. The third kappa shape index (κ3) is 4.19. The number of hydrogen-bond acceptors (Lipinski definition) is 4. The number of rotatable bonds is 5. The van der Waals surface area contributed by atoms with E-state index in [1.165, 1.54) is 6.42 Å². The lowest BCUT2D eigenvalue weighted by atomic mass is 9.83. The van der Waals surface area contributed by atoms with Crippen LogP contribution in [-0.4, -0.2) is 15.3 Å². The molecule has 0 amide bonds. The summed E-state index contributed by atoms with van der Waals surface area (Å²) in [4.78, 5) is 31.3. The monoisotopic (exact) mass is 437 g/mol. The zero-order chi connectivity index (χ0) is 22.8. The number of ketones is 1. The van der Waals surface area contributed by atoms with Crippen molar-refractivity contribution in [3.8, 4) is 5.69 Å². The third-order valence-corrected chi connectivity index (χ3v) is 6.48. The smallest absolute Gasteiger partial charge is 0.193 e. The molecule has 1 N–H and O–H groups in total. The van der Waals surface area contributed by atoms with Crippen molar-refractivity contribution in [2.24, 2.45) is 5.92 Å². The van der Waals surface area contributed by atoms with Crippen molar-refractivity contribution in [2.75, 3.05) is 5.32 Å². The number of carbonyl (C=O) groups excluding carboxylic acids is 1. The molecule has 2 aromatic heterocycles. The normalized spacial score (nSPS) is 14.3. The van der Waals surface area contributed by atoms with Gasteiger partial charge in [0.2, 0.25) is 0 Å². The second-order valence-corrected chi connectivity index (χ2v) is 8.75. The van der Waals surface area contributed by atoms with E-state index in [-0.39, 0.29) is 17.1 Å². The number of pyridine rings is 2. The van der Waals surface area contributed by atoms with Crippen molar-refractivity contribution >= 4 is 28.3 Å². The topological polar surface area (TPSA) is 64.0 Å². The average molecular weight is 438 g/mol. The van der Waals surface area contributed by atoms with Crippen LogP contribution in [-0.2, 0) is 0 Å². The van der Waals surface area contributed by atoms with E-state index < -0.39 is 0 Å². The van der Waals surface area contributed by atoms with Gasteiger partial charge in [-0.05, 0) is 50.1 Å². The van der Waals surface area contributed by atoms with Crippen LogP contribution in [0.3, 0.4) is 0 Å². The first-order chi connectivity index (χ1) is 16.1. The number of Topliss-reactive ketones (excluding diaryl/α,β-unsaturated/α-hetero) is 1. The molecule has 0 bridgehead atoms. The van der Waals surface area contributed by atoms with Gasteiger partial charge in [-0.15, -0.1) is 0 Å². The molecule has 0 spiro atoms. The van der Waals surface area contributed by atoms with E-state index in [9.17, 15) is 9.59 Å². The molecule has 5 rings (SSSR count). The zero-order valence-electron chi connectivity index (χ0n) is 18.8. The van der Waals surface area contributed by atoms with Crippen molar-refractivity contribution < 1.29 is 4.79 Å². The van der Waals surface area contributed by atoms with Crippen LogP contribution in [0.2, 0.25) is 0 Å². The van der Waals surface area contributed by atoms with Crippen LogP contribution in [0.25, 0.3) is 16.7 Å². The van der Waals surface area contributed by atoms with Crippen LogP contribution in [0.15, 0.2) is 77.6 Å². The Bertz CT molecular complexity index is 1360. The molecular weight excluding hydrogens is 410 g/mol. The molecule has 0 aliphatic heterocycles. The summed E-state index contributed by atoms with van der Waals surface area (Å²) in [5.41, 5.74) is 3.40. The van der Waals surface area contributed by atoms with Gasteiger partial charge in [-0.1, -0.05) is 55.7 Å². The highest BCUT2D eigenvalue weighted by Crippen LogP contribution is 2.30. The molecule has 0 atom stereocenters. The van der Waals surface area contributed by atoms with E-state index in [1.54, 1.807) is 12.1 Å². The second kappa shape index (κ2) is 9.02. The van der Waals surface area contributed by atoms with E-state index in [1.807, 2.05) is 72.2 Å². The van der Waals surface area contributed by atoms with Crippen LogP contribution in [0.4, 0.5) is 11.5 Å². The molecule has 1 aliphatic rings. The predicted molar refractivity (Wildman–Crippen MR) is 133 cm³/mol. The average Bonchev–Trinajstić information content (AvgIpc) is 2.85. The van der Waals surface area contributed by atoms with Gasteiger partial charge in [0.15, 0.2) is 11.2 Å². The molecule has 0 saturated heterocycles. The molecule has 1 aliphatic carbocycles. The summed E-state index contributed by atoms with van der Waals surface area (Å²) in [6, 6.07) is 22.9. The summed E-state index contributed by atoms with van der Waals surface area (Å²) in [7, 11) is 0. The minimum atomic E-state index is -0.152. The Morgan fingerprint density at radius 1 is 0.939 bits per heavy atom. The summed E-state index contributed by atoms with van der Waals surface area (Å²) in [5, 5.41) is 3.83. The Labute approximate surface area is 193 Å². The Kier molecular flexibility index (Phi) is 5.78. The largest absolute Gasteiger partial charge is 0.341 e. The summed E-state index contributed by atoms with van der Waals surface area (Å²) in [5.74, 6) is 0.786. The van der Waals surface area contributed by atoms with Crippen LogP contribution in [0.1, 0.15) is 48.2 Å². The molecular formula is C28H27N3O2. The number of aromatic nitrogens is 2. The fraction of sp³-hybridized carbons (Fsp3) is 0.250. The summed E-state index contributed by atoms with van der Waals surface area (Å²) in [6.07, 6.45) is 5.21. The number of benzene rings is 2. The number of nitrogens with zero attached hydrogens (tertiary/aromatic N) is 2. The highest BCUT2D eigenvalue weighted by Gasteiger charge is 2.25. The van der Waals surface area contributed by atoms with Crippen molar-refractivity contribution in [1.29, 1.82) is 0 Å². The summed E-state index contributed by atoms with van der Waals surface area (Å²) in [6.45, 7) is 1.87. The van der Waals surface area contributed by atoms with Crippen LogP contribution in [0, 0.1) is 12.8 Å². The van der Waals surface area contributed by atoms with Crippen LogP contribution in [0.5, 0.6) is 0 Å². The number of anilines is 2. The van der Waals surface area contributed by atoms with Gasteiger partial charge in [0, 0.05) is 28.9 Å². The molecule has 0 unspecified atom stereocenters. The van der Waals surface area contributed by atoms with Gasteiger partial charge >= 0.3 is 0 Å². The van der Waals surface area contributed by atoms with Crippen molar-refractivity contribution in [3.05, 3.63) is 94.3 Å². The quantitative estimate of drug-likeness (QED) is 0.378. The molecule has 0 radical (unpaired) electrons. The number of para-hydroxylation sites is 2. The van der Waals surface area contributed by atoms with E-state index in [0.29, 0.717) is 28.1 Å². The Balaban J connectivity index is 1.69. The molecule has 2 aromatic carbocycles. The van der Waals surface area contributed by atoms with Gasteiger partial charge in [-0.2, -0.15) is 0 Å². The van der Waals surface area contributed by atoms with Crippen molar-refractivity contribution in [2.45, 2.75) is 39.0 Å². The van der Waals surface area contributed by atoms with E-state index in [0.717, 1.165) is 37.1 Å². The minimum Gasteiger partial charge on any atom is -0.341 e. The molecule has 1 fully saturated rings. The first-order valence-corrected chi connectivity index (χ1v) is 11.6. The van der Waals surface area contributed by atoms with Gasteiger partial charge in [-0.25, -0.2) is 4.98 Å². The lowest BCUT2D eigenvalue weighted by Crippen LogP contribution is -2.21. The van der Waals surface area contributed by atoms with E-state index in [4.69, 9.17) is 4.98 Å². The number of carbonyl (C=O) groups is 1. The summed E-state index contributed by atoms with van der Waals surface area (Å²) < 4.78 is 1.95. The summed E-state index contributed by atoms with van der Waals surface area (Å²) >= 11 is 0. The fourth-order valence-corrected chi connectivity index (χ4v) is 4.76. The lowest BCUT2D eigenvalue weighted by Gasteiger charge is -2.22. The fourth-order valence-electron chi connectivity index (χ4n) is 4.76. The van der Waals surface area contributed by atoms with Gasteiger partial charge in [0.25, 0.3) is 0 Å². The maximum Gasteiger partial charge on any atom is 0.193 e. The maximum atomic E-state index is 13.3. The predicted octanol–water partition coefficient (Wildman–Crippen LogP) is 6.20. The van der Waals surface area contributed by atoms with Gasteiger partial charge in [0.05, 0.1) is 11.1 Å². The molecule has 5 heteroatoms. The van der Waals surface area contributed by atoms with Crippen molar-refractivity contribution in [1.82, 2.24) is 9.55 Å². The molecule has 166 valence electrons. The van der Waals surface area contributed by atoms with E-state index in [2.05, 4.69) is 5.32 Å². The number of nitrogens with one attached hydrogen (secondary N) is 1. The molecule has 5 nitrogen and oxygen atoms in total. The number of aryl methyl sites for hydroxylation is 1. The first kappa shape index (κ1) is 21.1. The van der Waals surface area contributed by atoms with Crippen LogP contribution >= 0.6 is 0 Å². The molecule has 33 heavy (non-hydrogen) atoms. The van der Waals surface area contributed by atoms with E-state index >= 15 is 0 Å². The van der Waals surface area contributed by atoms with Crippen molar-refractivity contribution in [3.63, 3.8) is 0 Å². The highest BCUT2D eigenvalue weighted by molar-refractivity contribution is 6.01. The SMILES string of the molecule is Cc1nc2c(cc1C(=O)C1CCCCC1)c(=O)cc(Nc1ccccc1)n2-c1ccccc1. The van der Waals surface area contributed by atoms with Crippen LogP contribution < -0.4 is 10.7 Å².